The summed E-state index contributed by atoms with van der Waals surface area (Å²) in [6, 6.07) is 0. The number of carbonyl (C=O) groups excluding carboxylic acids is 1. The Morgan fingerprint density at radius 1 is 1.00 bits per heavy atom. The van der Waals surface area contributed by atoms with Gasteiger partial charge in [-0.2, -0.15) is 0 Å². The van der Waals surface area contributed by atoms with Gasteiger partial charge in [-0.15, -0.1) is 0 Å². The molecular formula is C20H36O4. The molecule has 1 aliphatic carbocycles. The fourth-order valence-electron chi connectivity index (χ4n) is 3.56. The van der Waals surface area contributed by atoms with E-state index < -0.39 is 5.97 Å². The SMILES string of the molecule is CCCCCCCC(CC(C)C)OC(=O)C1CCC(C(=O)O)CC1. The van der Waals surface area contributed by atoms with Crippen LogP contribution >= 0.6 is 0 Å². The van der Waals surface area contributed by atoms with Crippen molar-refractivity contribution in [3.8, 4) is 0 Å². The minimum atomic E-state index is -0.730. The molecule has 1 fully saturated rings. The van der Waals surface area contributed by atoms with Crippen LogP contribution in [0.1, 0.15) is 91.4 Å². The van der Waals surface area contributed by atoms with Gasteiger partial charge >= 0.3 is 11.9 Å². The van der Waals surface area contributed by atoms with E-state index >= 15 is 0 Å². The molecule has 4 nitrogen and oxygen atoms in total. The fourth-order valence-corrected chi connectivity index (χ4v) is 3.56. The van der Waals surface area contributed by atoms with Crippen LogP contribution in [-0.2, 0) is 14.3 Å². The van der Waals surface area contributed by atoms with E-state index in [4.69, 9.17) is 9.84 Å². The standard InChI is InChI=1S/C20H36O4/c1-4-5-6-7-8-9-18(14-15(2)3)24-20(23)17-12-10-16(11-13-17)19(21)22/h15-18H,4-14H2,1-3H3,(H,21,22). The van der Waals surface area contributed by atoms with Gasteiger partial charge in [-0.05, 0) is 50.9 Å². The molecule has 0 heterocycles. The van der Waals surface area contributed by atoms with Gasteiger partial charge in [0, 0.05) is 0 Å². The van der Waals surface area contributed by atoms with E-state index in [2.05, 4.69) is 20.8 Å². The topological polar surface area (TPSA) is 63.6 Å². The highest BCUT2D eigenvalue weighted by Crippen LogP contribution is 2.30. The normalized spacial score (nSPS) is 22.3. The molecule has 1 aliphatic rings. The molecule has 0 saturated heterocycles. The molecule has 0 aliphatic heterocycles. The molecule has 0 amide bonds. The van der Waals surface area contributed by atoms with E-state index in [-0.39, 0.29) is 23.9 Å². The number of aliphatic carboxylic acids is 1. The lowest BCUT2D eigenvalue weighted by molar-refractivity contribution is -0.158. The van der Waals surface area contributed by atoms with E-state index in [1.165, 1.54) is 25.7 Å². The summed E-state index contributed by atoms with van der Waals surface area (Å²) in [5.74, 6) is -0.694. The molecule has 1 rings (SSSR count). The number of rotatable bonds is 11. The van der Waals surface area contributed by atoms with Gasteiger partial charge in [0.15, 0.2) is 0 Å². The Balaban J connectivity index is 2.38. The molecule has 0 aromatic carbocycles. The fraction of sp³-hybridized carbons (Fsp3) is 0.900. The summed E-state index contributed by atoms with van der Waals surface area (Å²) in [6.07, 6.45) is 10.5. The smallest absolute Gasteiger partial charge is 0.309 e. The second-order valence-electron chi connectivity index (χ2n) is 7.78. The van der Waals surface area contributed by atoms with Crippen molar-refractivity contribution in [2.75, 3.05) is 0 Å². The number of esters is 1. The average molecular weight is 341 g/mol. The van der Waals surface area contributed by atoms with Crippen molar-refractivity contribution in [3.63, 3.8) is 0 Å². The van der Waals surface area contributed by atoms with E-state index in [9.17, 15) is 9.59 Å². The Morgan fingerprint density at radius 3 is 2.12 bits per heavy atom. The summed E-state index contributed by atoms with van der Waals surface area (Å²) >= 11 is 0. The minimum absolute atomic E-state index is 0.0244. The highest BCUT2D eigenvalue weighted by Gasteiger charge is 2.31. The van der Waals surface area contributed by atoms with Crippen LogP contribution in [0.5, 0.6) is 0 Å². The van der Waals surface area contributed by atoms with Crippen LogP contribution in [0.15, 0.2) is 0 Å². The summed E-state index contributed by atoms with van der Waals surface area (Å²) in [6.45, 7) is 6.54. The zero-order valence-electron chi connectivity index (χ0n) is 15.8. The third-order valence-electron chi connectivity index (χ3n) is 5.06. The maximum Gasteiger partial charge on any atom is 0.309 e. The van der Waals surface area contributed by atoms with Crippen molar-refractivity contribution in [2.45, 2.75) is 97.5 Å². The molecular weight excluding hydrogens is 304 g/mol. The van der Waals surface area contributed by atoms with Crippen LogP contribution in [0.25, 0.3) is 0 Å². The molecule has 1 N–H and O–H groups in total. The summed E-state index contributed by atoms with van der Waals surface area (Å²) in [5.41, 5.74) is 0. The summed E-state index contributed by atoms with van der Waals surface area (Å²) in [5, 5.41) is 9.05. The first kappa shape index (κ1) is 21.0. The largest absolute Gasteiger partial charge is 0.481 e. The predicted octanol–water partition coefficient (Wildman–Crippen LogP) is 5.20. The van der Waals surface area contributed by atoms with E-state index in [0.29, 0.717) is 31.6 Å². The van der Waals surface area contributed by atoms with Gasteiger partial charge in [0.1, 0.15) is 6.10 Å². The van der Waals surface area contributed by atoms with E-state index in [1.54, 1.807) is 0 Å². The van der Waals surface area contributed by atoms with Crippen molar-refractivity contribution in [1.29, 1.82) is 0 Å². The summed E-state index contributed by atoms with van der Waals surface area (Å²) < 4.78 is 5.82. The molecule has 0 spiro atoms. The van der Waals surface area contributed by atoms with Crippen molar-refractivity contribution < 1.29 is 19.4 Å². The molecule has 1 atom stereocenters. The van der Waals surface area contributed by atoms with Crippen LogP contribution in [0, 0.1) is 17.8 Å². The quantitative estimate of drug-likeness (QED) is 0.415. The average Bonchev–Trinajstić information content (AvgIpc) is 2.54. The Kier molecular flexibility index (Phi) is 10.0. The minimum Gasteiger partial charge on any atom is -0.481 e. The molecule has 1 unspecified atom stereocenters. The number of unbranched alkanes of at least 4 members (excludes halogenated alkanes) is 4. The number of hydrogen-bond donors (Lipinski definition) is 1. The van der Waals surface area contributed by atoms with Crippen LogP contribution in [0.4, 0.5) is 0 Å². The first-order valence-corrected chi connectivity index (χ1v) is 9.87. The second-order valence-corrected chi connectivity index (χ2v) is 7.78. The van der Waals surface area contributed by atoms with Gasteiger partial charge in [0.25, 0.3) is 0 Å². The van der Waals surface area contributed by atoms with E-state index in [1.807, 2.05) is 0 Å². The lowest BCUT2D eigenvalue weighted by Gasteiger charge is -2.27. The van der Waals surface area contributed by atoms with Gasteiger partial charge in [0.05, 0.1) is 11.8 Å². The van der Waals surface area contributed by atoms with Crippen LogP contribution in [0.3, 0.4) is 0 Å². The van der Waals surface area contributed by atoms with Crippen LogP contribution in [-0.4, -0.2) is 23.1 Å². The van der Waals surface area contributed by atoms with Gasteiger partial charge < -0.3 is 9.84 Å². The lowest BCUT2D eigenvalue weighted by atomic mass is 9.82. The van der Waals surface area contributed by atoms with Crippen molar-refractivity contribution in [3.05, 3.63) is 0 Å². The van der Waals surface area contributed by atoms with Crippen molar-refractivity contribution in [1.82, 2.24) is 0 Å². The molecule has 0 bridgehead atoms. The third-order valence-corrected chi connectivity index (χ3v) is 5.06. The van der Waals surface area contributed by atoms with Gasteiger partial charge in [-0.1, -0.05) is 46.5 Å². The maximum absolute atomic E-state index is 12.4. The highest BCUT2D eigenvalue weighted by atomic mass is 16.5. The summed E-state index contributed by atoms with van der Waals surface area (Å²) in [4.78, 5) is 23.4. The molecule has 0 aromatic heterocycles. The lowest BCUT2D eigenvalue weighted by Crippen LogP contribution is -2.30. The van der Waals surface area contributed by atoms with Gasteiger partial charge in [0.2, 0.25) is 0 Å². The Morgan fingerprint density at radius 2 is 1.58 bits per heavy atom. The molecule has 0 aromatic rings. The van der Waals surface area contributed by atoms with Crippen molar-refractivity contribution >= 4 is 11.9 Å². The Hall–Kier alpha value is -1.06. The number of ether oxygens (including phenoxy) is 1. The number of carboxylic acid groups (broad SMARTS) is 1. The van der Waals surface area contributed by atoms with Crippen molar-refractivity contribution in [2.24, 2.45) is 17.8 Å². The first-order chi connectivity index (χ1) is 11.4. The van der Waals surface area contributed by atoms with Crippen LogP contribution in [0.2, 0.25) is 0 Å². The zero-order valence-corrected chi connectivity index (χ0v) is 15.8. The zero-order chi connectivity index (χ0) is 17.9. The van der Waals surface area contributed by atoms with E-state index in [0.717, 1.165) is 19.3 Å². The predicted molar refractivity (Wildman–Crippen MR) is 95.8 cm³/mol. The second kappa shape index (κ2) is 11.5. The maximum atomic E-state index is 12.4. The monoisotopic (exact) mass is 340 g/mol. The Labute approximate surface area is 147 Å². The van der Waals surface area contributed by atoms with Gasteiger partial charge in [-0.25, -0.2) is 0 Å². The number of carboxylic acids is 1. The molecule has 24 heavy (non-hydrogen) atoms. The molecule has 140 valence electrons. The number of hydrogen-bond acceptors (Lipinski definition) is 3. The Bertz CT molecular complexity index is 370. The molecule has 0 radical (unpaired) electrons. The molecule has 1 saturated carbocycles. The third kappa shape index (κ3) is 8.16. The van der Waals surface area contributed by atoms with Crippen LogP contribution < -0.4 is 0 Å². The molecule has 4 heteroatoms. The first-order valence-electron chi connectivity index (χ1n) is 9.87. The highest BCUT2D eigenvalue weighted by molar-refractivity contribution is 5.74. The van der Waals surface area contributed by atoms with Gasteiger partial charge in [-0.3, -0.25) is 9.59 Å². The number of carbonyl (C=O) groups is 2. The summed E-state index contributed by atoms with van der Waals surface area (Å²) in [7, 11) is 0.